The van der Waals surface area contributed by atoms with Crippen LogP contribution in [0.5, 0.6) is 0 Å². The Morgan fingerprint density at radius 3 is 2.79 bits per heavy atom. The summed E-state index contributed by atoms with van der Waals surface area (Å²) in [5.74, 6) is -0.185. The van der Waals surface area contributed by atoms with Crippen LogP contribution in [0.1, 0.15) is 10.5 Å². The van der Waals surface area contributed by atoms with Gasteiger partial charge in [0.25, 0.3) is 5.91 Å². The van der Waals surface area contributed by atoms with E-state index >= 15 is 0 Å². The number of carbonyl (C=O) groups excluding carboxylic acids is 1. The summed E-state index contributed by atoms with van der Waals surface area (Å²) in [6, 6.07) is 11.6. The summed E-state index contributed by atoms with van der Waals surface area (Å²) in [7, 11) is 3.43. The smallest absolute Gasteiger partial charge is 0.271 e. The van der Waals surface area contributed by atoms with Gasteiger partial charge >= 0.3 is 0 Å². The number of ether oxygens (including phenoxy) is 1. The van der Waals surface area contributed by atoms with Crippen LogP contribution in [0.3, 0.4) is 0 Å². The largest absolute Gasteiger partial charge is 0.383 e. The number of aromatic nitrogens is 2. The number of aryl methyl sites for hydroxylation is 1. The van der Waals surface area contributed by atoms with Gasteiger partial charge in [-0.05, 0) is 11.6 Å². The third-order valence-electron chi connectivity index (χ3n) is 2.77. The van der Waals surface area contributed by atoms with Gasteiger partial charge in [0.2, 0.25) is 0 Å². The molecule has 0 atom stereocenters. The molecule has 1 N–H and O–H groups in total. The molecule has 0 aliphatic carbocycles. The minimum atomic E-state index is -0.185. The van der Waals surface area contributed by atoms with Crippen LogP contribution < -0.4 is 5.32 Å². The summed E-state index contributed by atoms with van der Waals surface area (Å²) < 4.78 is 6.59. The summed E-state index contributed by atoms with van der Waals surface area (Å²) >= 11 is 0. The average molecular weight is 259 g/mol. The van der Waals surface area contributed by atoms with E-state index in [0.29, 0.717) is 18.8 Å². The van der Waals surface area contributed by atoms with Gasteiger partial charge in [0.1, 0.15) is 0 Å². The van der Waals surface area contributed by atoms with Crippen molar-refractivity contribution in [3.8, 4) is 11.3 Å². The molecule has 1 amide bonds. The van der Waals surface area contributed by atoms with Gasteiger partial charge in [-0.25, -0.2) is 0 Å². The van der Waals surface area contributed by atoms with Crippen molar-refractivity contribution in [2.75, 3.05) is 20.3 Å². The molecule has 0 aliphatic rings. The third kappa shape index (κ3) is 3.20. The van der Waals surface area contributed by atoms with Gasteiger partial charge in [-0.15, -0.1) is 0 Å². The normalized spacial score (nSPS) is 10.4. The van der Waals surface area contributed by atoms with Crippen molar-refractivity contribution in [1.82, 2.24) is 15.1 Å². The fourth-order valence-electron chi connectivity index (χ4n) is 1.81. The summed E-state index contributed by atoms with van der Waals surface area (Å²) in [4.78, 5) is 11.9. The predicted molar refractivity (Wildman–Crippen MR) is 72.9 cm³/mol. The Labute approximate surface area is 112 Å². The fraction of sp³-hybridized carbons (Fsp3) is 0.286. The number of methoxy groups -OCH3 is 1. The molecule has 5 heteroatoms. The van der Waals surface area contributed by atoms with Crippen molar-refractivity contribution in [3.05, 3.63) is 42.1 Å². The standard InChI is InChI=1S/C14H17N3O2/c1-17-13(11-6-4-3-5-7-11)10-12(16-17)14(18)15-8-9-19-2/h3-7,10H,8-9H2,1-2H3,(H,15,18). The monoisotopic (exact) mass is 259 g/mol. The van der Waals surface area contributed by atoms with Gasteiger partial charge in [-0.2, -0.15) is 5.10 Å². The first-order valence-electron chi connectivity index (χ1n) is 6.09. The van der Waals surface area contributed by atoms with E-state index < -0.39 is 0 Å². The second-order valence-electron chi connectivity index (χ2n) is 4.15. The molecule has 0 fully saturated rings. The lowest BCUT2D eigenvalue weighted by Gasteiger charge is -2.00. The minimum absolute atomic E-state index is 0.185. The number of nitrogens with one attached hydrogen (secondary N) is 1. The minimum Gasteiger partial charge on any atom is -0.383 e. The SMILES string of the molecule is COCCNC(=O)c1cc(-c2ccccc2)n(C)n1. The van der Waals surface area contributed by atoms with Gasteiger partial charge in [0.05, 0.1) is 12.3 Å². The molecule has 0 radical (unpaired) electrons. The molecule has 1 aromatic carbocycles. The van der Waals surface area contributed by atoms with E-state index in [0.717, 1.165) is 11.3 Å². The topological polar surface area (TPSA) is 56.1 Å². The van der Waals surface area contributed by atoms with Crippen molar-refractivity contribution in [2.24, 2.45) is 7.05 Å². The molecule has 0 saturated carbocycles. The highest BCUT2D eigenvalue weighted by atomic mass is 16.5. The van der Waals surface area contributed by atoms with E-state index in [4.69, 9.17) is 4.74 Å². The molecule has 100 valence electrons. The number of amides is 1. The maximum atomic E-state index is 11.9. The van der Waals surface area contributed by atoms with Crippen molar-refractivity contribution < 1.29 is 9.53 Å². The highest BCUT2D eigenvalue weighted by molar-refractivity contribution is 5.93. The number of nitrogens with zero attached hydrogens (tertiary/aromatic N) is 2. The summed E-state index contributed by atoms with van der Waals surface area (Å²) in [5, 5.41) is 6.98. The molecule has 2 aromatic rings. The summed E-state index contributed by atoms with van der Waals surface area (Å²) in [5.41, 5.74) is 2.36. The molecular weight excluding hydrogens is 242 g/mol. The average Bonchev–Trinajstić information content (AvgIpc) is 2.82. The Morgan fingerprint density at radius 2 is 2.11 bits per heavy atom. The lowest BCUT2D eigenvalue weighted by Crippen LogP contribution is -2.27. The van der Waals surface area contributed by atoms with Crippen molar-refractivity contribution in [2.45, 2.75) is 0 Å². The quantitative estimate of drug-likeness (QED) is 0.827. The second kappa shape index (κ2) is 6.15. The first-order valence-corrected chi connectivity index (χ1v) is 6.09. The molecular formula is C14H17N3O2. The first-order chi connectivity index (χ1) is 9.22. The van der Waals surface area contributed by atoms with Gasteiger partial charge in [-0.3, -0.25) is 9.48 Å². The Bertz CT molecular complexity index is 549. The van der Waals surface area contributed by atoms with Gasteiger partial charge in [0.15, 0.2) is 5.69 Å². The van der Waals surface area contributed by atoms with E-state index in [9.17, 15) is 4.79 Å². The zero-order chi connectivity index (χ0) is 13.7. The summed E-state index contributed by atoms with van der Waals surface area (Å²) in [6.45, 7) is 0.969. The number of benzene rings is 1. The maximum Gasteiger partial charge on any atom is 0.271 e. The Hall–Kier alpha value is -2.14. The van der Waals surface area contributed by atoms with Crippen molar-refractivity contribution in [1.29, 1.82) is 0 Å². The highest BCUT2D eigenvalue weighted by Gasteiger charge is 2.13. The predicted octanol–water partition coefficient (Wildman–Crippen LogP) is 1.46. The molecule has 1 heterocycles. The van der Waals surface area contributed by atoms with Gasteiger partial charge in [0, 0.05) is 20.7 Å². The molecule has 19 heavy (non-hydrogen) atoms. The number of rotatable bonds is 5. The zero-order valence-electron chi connectivity index (χ0n) is 11.1. The van der Waals surface area contributed by atoms with Crippen LogP contribution in [-0.2, 0) is 11.8 Å². The van der Waals surface area contributed by atoms with Crippen LogP contribution in [0.15, 0.2) is 36.4 Å². The highest BCUT2D eigenvalue weighted by Crippen LogP contribution is 2.19. The first kappa shape index (κ1) is 13.3. The Balaban J connectivity index is 2.15. The molecule has 5 nitrogen and oxygen atoms in total. The zero-order valence-corrected chi connectivity index (χ0v) is 11.1. The number of carbonyl (C=O) groups is 1. The Morgan fingerprint density at radius 1 is 1.37 bits per heavy atom. The van der Waals surface area contributed by atoms with Crippen molar-refractivity contribution in [3.63, 3.8) is 0 Å². The second-order valence-corrected chi connectivity index (χ2v) is 4.15. The van der Waals surface area contributed by atoms with Gasteiger partial charge < -0.3 is 10.1 Å². The van der Waals surface area contributed by atoms with Crippen LogP contribution in [-0.4, -0.2) is 35.9 Å². The molecule has 0 bridgehead atoms. The van der Waals surface area contributed by atoms with Gasteiger partial charge in [-0.1, -0.05) is 30.3 Å². The van der Waals surface area contributed by atoms with E-state index in [1.807, 2.05) is 37.4 Å². The van der Waals surface area contributed by atoms with E-state index in [-0.39, 0.29) is 5.91 Å². The fourth-order valence-corrected chi connectivity index (χ4v) is 1.81. The molecule has 0 saturated heterocycles. The van der Waals surface area contributed by atoms with Crippen LogP contribution in [0.4, 0.5) is 0 Å². The van der Waals surface area contributed by atoms with Crippen LogP contribution in [0.2, 0.25) is 0 Å². The van der Waals surface area contributed by atoms with E-state index in [1.165, 1.54) is 0 Å². The number of hydrogen-bond acceptors (Lipinski definition) is 3. The van der Waals surface area contributed by atoms with Crippen LogP contribution in [0, 0.1) is 0 Å². The molecule has 1 aromatic heterocycles. The van der Waals surface area contributed by atoms with E-state index in [1.54, 1.807) is 17.9 Å². The lowest BCUT2D eigenvalue weighted by molar-refractivity contribution is 0.0931. The van der Waals surface area contributed by atoms with Crippen molar-refractivity contribution >= 4 is 5.91 Å². The Kier molecular flexibility index (Phi) is 4.30. The molecule has 0 aliphatic heterocycles. The molecule has 2 rings (SSSR count). The third-order valence-corrected chi connectivity index (χ3v) is 2.77. The molecule has 0 spiro atoms. The van der Waals surface area contributed by atoms with Crippen LogP contribution in [0.25, 0.3) is 11.3 Å². The number of hydrogen-bond donors (Lipinski definition) is 1. The lowest BCUT2D eigenvalue weighted by atomic mass is 10.1. The molecule has 0 unspecified atom stereocenters. The van der Waals surface area contributed by atoms with E-state index in [2.05, 4.69) is 10.4 Å². The van der Waals surface area contributed by atoms with Crippen LogP contribution >= 0.6 is 0 Å². The summed E-state index contributed by atoms with van der Waals surface area (Å²) in [6.07, 6.45) is 0. The maximum absolute atomic E-state index is 11.9.